The first-order chi connectivity index (χ1) is 14.7. The number of hydrogen-bond donors (Lipinski definition) is 2. The molecule has 3 amide bonds. The summed E-state index contributed by atoms with van der Waals surface area (Å²) in [5.74, 6) is -2.64. The number of amides is 3. The number of ether oxygens (including phenoxy) is 1. The van der Waals surface area contributed by atoms with Crippen molar-refractivity contribution in [2.75, 3.05) is 18.1 Å². The zero-order valence-corrected chi connectivity index (χ0v) is 18.7. The van der Waals surface area contributed by atoms with Gasteiger partial charge in [-0.1, -0.05) is 28.1 Å². The summed E-state index contributed by atoms with van der Waals surface area (Å²) in [6, 6.07) is 12.4. The minimum Gasteiger partial charge on any atom is -0.455 e. The van der Waals surface area contributed by atoms with Gasteiger partial charge >= 0.3 is 5.97 Å². The van der Waals surface area contributed by atoms with E-state index in [4.69, 9.17) is 4.74 Å². The van der Waals surface area contributed by atoms with E-state index in [9.17, 15) is 19.2 Å². The van der Waals surface area contributed by atoms with Gasteiger partial charge in [-0.15, -0.1) is 0 Å². The highest BCUT2D eigenvalue weighted by molar-refractivity contribution is 9.10. The van der Waals surface area contributed by atoms with Crippen LogP contribution in [0, 0.1) is 19.8 Å². The number of esters is 1. The average Bonchev–Trinajstić information content (AvgIpc) is 3.14. The van der Waals surface area contributed by atoms with E-state index in [2.05, 4.69) is 26.8 Å². The quantitative estimate of drug-likeness (QED) is 0.497. The summed E-state index contributed by atoms with van der Waals surface area (Å²) in [6.07, 6.45) is 0.0220. The van der Waals surface area contributed by atoms with Crippen LogP contribution in [0.3, 0.4) is 0 Å². The molecule has 9 heteroatoms. The standard InChI is InChI=1S/C22H22BrN3O5/c1-13-3-4-14(2)18(9-13)26-11-16(10-20(26)28)22(30)31-12-19(27)24-25-21(29)15-5-7-17(23)8-6-15/h3-9,16H,10-12H2,1-2H3,(H,24,27)(H,25,29)/t16-/m0/s1. The molecule has 0 saturated carbocycles. The van der Waals surface area contributed by atoms with Crippen molar-refractivity contribution < 1.29 is 23.9 Å². The van der Waals surface area contributed by atoms with E-state index in [0.717, 1.165) is 21.3 Å². The molecule has 2 aromatic rings. The highest BCUT2D eigenvalue weighted by Gasteiger charge is 2.36. The van der Waals surface area contributed by atoms with Crippen LogP contribution >= 0.6 is 15.9 Å². The monoisotopic (exact) mass is 487 g/mol. The van der Waals surface area contributed by atoms with Gasteiger partial charge in [0.1, 0.15) is 0 Å². The van der Waals surface area contributed by atoms with Gasteiger partial charge in [-0.2, -0.15) is 0 Å². The van der Waals surface area contributed by atoms with Crippen molar-refractivity contribution in [1.82, 2.24) is 10.9 Å². The van der Waals surface area contributed by atoms with Gasteiger partial charge in [-0.25, -0.2) is 0 Å². The van der Waals surface area contributed by atoms with Crippen molar-refractivity contribution in [3.8, 4) is 0 Å². The number of carbonyl (C=O) groups is 4. The third kappa shape index (κ3) is 5.69. The van der Waals surface area contributed by atoms with Crippen LogP contribution < -0.4 is 15.8 Å². The van der Waals surface area contributed by atoms with Crippen LogP contribution in [0.5, 0.6) is 0 Å². The molecule has 1 aliphatic rings. The minimum absolute atomic E-state index is 0.0220. The molecule has 0 unspecified atom stereocenters. The number of carbonyl (C=O) groups excluding carboxylic acids is 4. The lowest BCUT2D eigenvalue weighted by Crippen LogP contribution is -2.43. The first-order valence-corrected chi connectivity index (χ1v) is 10.4. The zero-order valence-electron chi connectivity index (χ0n) is 17.1. The summed E-state index contributed by atoms with van der Waals surface area (Å²) in [4.78, 5) is 50.2. The van der Waals surface area contributed by atoms with Crippen LogP contribution in [0.25, 0.3) is 0 Å². The lowest BCUT2D eigenvalue weighted by atomic mass is 10.1. The summed E-state index contributed by atoms with van der Waals surface area (Å²) in [5.41, 5.74) is 7.53. The number of halogens is 1. The molecule has 0 bridgehead atoms. The molecule has 0 aliphatic carbocycles. The highest BCUT2D eigenvalue weighted by Crippen LogP contribution is 2.29. The zero-order chi connectivity index (χ0) is 22.5. The van der Waals surface area contributed by atoms with E-state index < -0.39 is 30.3 Å². The normalized spacial score (nSPS) is 15.5. The predicted molar refractivity (Wildman–Crippen MR) is 117 cm³/mol. The molecule has 162 valence electrons. The van der Waals surface area contributed by atoms with Crippen molar-refractivity contribution in [2.24, 2.45) is 5.92 Å². The maximum atomic E-state index is 12.4. The van der Waals surface area contributed by atoms with Gasteiger partial charge in [-0.3, -0.25) is 30.0 Å². The Bertz CT molecular complexity index is 1020. The molecule has 8 nitrogen and oxygen atoms in total. The van der Waals surface area contributed by atoms with Gasteiger partial charge in [-0.05, 0) is 55.3 Å². The van der Waals surface area contributed by atoms with E-state index in [-0.39, 0.29) is 18.9 Å². The number of benzene rings is 2. The summed E-state index contributed by atoms with van der Waals surface area (Å²) in [5, 5.41) is 0. The van der Waals surface area contributed by atoms with Crippen molar-refractivity contribution in [3.05, 3.63) is 63.6 Å². The van der Waals surface area contributed by atoms with Crippen LogP contribution in [0.4, 0.5) is 5.69 Å². The second kappa shape index (κ2) is 9.74. The number of nitrogens with one attached hydrogen (secondary N) is 2. The Kier molecular flexibility index (Phi) is 7.06. The van der Waals surface area contributed by atoms with Gasteiger partial charge in [0.15, 0.2) is 6.61 Å². The molecule has 31 heavy (non-hydrogen) atoms. The van der Waals surface area contributed by atoms with Gasteiger partial charge in [0.05, 0.1) is 5.92 Å². The number of hydrazine groups is 1. The van der Waals surface area contributed by atoms with Crippen LogP contribution in [-0.4, -0.2) is 36.8 Å². The molecule has 0 aromatic heterocycles. The molecule has 1 saturated heterocycles. The first kappa shape index (κ1) is 22.5. The fourth-order valence-electron chi connectivity index (χ4n) is 3.20. The number of anilines is 1. The third-order valence-corrected chi connectivity index (χ3v) is 5.41. The SMILES string of the molecule is Cc1ccc(C)c(N2C[C@@H](C(=O)OCC(=O)NNC(=O)c3ccc(Br)cc3)CC2=O)c1. The number of aryl methyl sites for hydroxylation is 2. The maximum absolute atomic E-state index is 12.4. The van der Waals surface area contributed by atoms with Crippen LogP contribution in [-0.2, 0) is 19.1 Å². The molecule has 2 N–H and O–H groups in total. The molecule has 1 atom stereocenters. The van der Waals surface area contributed by atoms with Gasteiger partial charge in [0.25, 0.3) is 11.8 Å². The van der Waals surface area contributed by atoms with Gasteiger partial charge in [0.2, 0.25) is 5.91 Å². The fourth-order valence-corrected chi connectivity index (χ4v) is 3.46. The molecule has 0 radical (unpaired) electrons. The lowest BCUT2D eigenvalue weighted by Gasteiger charge is -2.19. The molecular weight excluding hydrogens is 466 g/mol. The number of nitrogens with zero attached hydrogens (tertiary/aromatic N) is 1. The number of rotatable bonds is 5. The average molecular weight is 488 g/mol. The van der Waals surface area contributed by atoms with Gasteiger partial charge < -0.3 is 9.64 Å². The van der Waals surface area contributed by atoms with E-state index in [0.29, 0.717) is 5.56 Å². The second-order valence-electron chi connectivity index (χ2n) is 7.31. The van der Waals surface area contributed by atoms with Crippen molar-refractivity contribution in [1.29, 1.82) is 0 Å². The highest BCUT2D eigenvalue weighted by atomic mass is 79.9. The Morgan fingerprint density at radius 1 is 1.10 bits per heavy atom. The molecule has 3 rings (SSSR count). The summed E-state index contributed by atoms with van der Waals surface area (Å²) >= 11 is 3.27. The van der Waals surface area contributed by atoms with E-state index in [1.807, 2.05) is 32.0 Å². The van der Waals surface area contributed by atoms with Crippen molar-refractivity contribution in [3.63, 3.8) is 0 Å². The fraction of sp³-hybridized carbons (Fsp3) is 0.273. The molecule has 0 spiro atoms. The molecular formula is C22H22BrN3O5. The van der Waals surface area contributed by atoms with E-state index >= 15 is 0 Å². The largest absolute Gasteiger partial charge is 0.455 e. The Morgan fingerprint density at radius 2 is 1.81 bits per heavy atom. The Labute approximate surface area is 188 Å². The van der Waals surface area contributed by atoms with Crippen molar-refractivity contribution >= 4 is 45.3 Å². The van der Waals surface area contributed by atoms with E-state index in [1.54, 1.807) is 29.2 Å². The lowest BCUT2D eigenvalue weighted by molar-refractivity contribution is -0.152. The van der Waals surface area contributed by atoms with Crippen LogP contribution in [0.1, 0.15) is 27.9 Å². The van der Waals surface area contributed by atoms with Crippen LogP contribution in [0.2, 0.25) is 0 Å². The topological polar surface area (TPSA) is 105 Å². The molecule has 1 fully saturated rings. The molecule has 2 aromatic carbocycles. The van der Waals surface area contributed by atoms with Crippen LogP contribution in [0.15, 0.2) is 46.9 Å². The third-order valence-electron chi connectivity index (χ3n) is 4.88. The summed E-state index contributed by atoms with van der Waals surface area (Å²) in [6.45, 7) is 3.47. The Morgan fingerprint density at radius 3 is 2.52 bits per heavy atom. The van der Waals surface area contributed by atoms with Crippen molar-refractivity contribution in [2.45, 2.75) is 20.3 Å². The predicted octanol–water partition coefficient (Wildman–Crippen LogP) is 2.42. The smallest absolute Gasteiger partial charge is 0.311 e. The first-order valence-electron chi connectivity index (χ1n) is 9.63. The van der Waals surface area contributed by atoms with Gasteiger partial charge in [0, 0.05) is 28.7 Å². The summed E-state index contributed by atoms with van der Waals surface area (Å²) < 4.78 is 5.86. The summed E-state index contributed by atoms with van der Waals surface area (Å²) in [7, 11) is 0. The number of hydrogen-bond acceptors (Lipinski definition) is 5. The maximum Gasteiger partial charge on any atom is 0.311 e. The Balaban J connectivity index is 1.47. The molecule has 1 aliphatic heterocycles. The van der Waals surface area contributed by atoms with E-state index in [1.165, 1.54) is 0 Å². The molecule has 1 heterocycles. The second-order valence-corrected chi connectivity index (χ2v) is 8.23. The Hall–Kier alpha value is -3.20. The minimum atomic E-state index is -0.686.